The fourth-order valence-electron chi connectivity index (χ4n) is 5.41. The monoisotopic (exact) mass is 503 g/mol. The quantitative estimate of drug-likeness (QED) is 0.297. The van der Waals surface area contributed by atoms with Crippen LogP contribution in [0.2, 0.25) is 0 Å². The molecule has 194 valence electrons. The predicted molar refractivity (Wildman–Crippen MR) is 139 cm³/mol. The van der Waals surface area contributed by atoms with Crippen LogP contribution in [0, 0.1) is 5.41 Å². The van der Waals surface area contributed by atoms with Crippen molar-refractivity contribution in [2.24, 2.45) is 5.41 Å². The van der Waals surface area contributed by atoms with Gasteiger partial charge in [-0.15, -0.1) is 0 Å². The summed E-state index contributed by atoms with van der Waals surface area (Å²) in [5, 5.41) is 0. The smallest absolute Gasteiger partial charge is 0.325 e. The molecule has 0 saturated carbocycles. The van der Waals surface area contributed by atoms with Crippen LogP contribution in [-0.4, -0.2) is 44.8 Å². The van der Waals surface area contributed by atoms with Crippen molar-refractivity contribution in [3.8, 4) is 11.5 Å². The lowest BCUT2D eigenvalue weighted by Gasteiger charge is -2.35. The molecule has 1 saturated heterocycles. The minimum Gasteiger partial charge on any atom is -0.497 e. The van der Waals surface area contributed by atoms with Crippen molar-refractivity contribution in [3.05, 3.63) is 95.6 Å². The number of carbonyl (C=O) groups is 2. The normalized spacial score (nSPS) is 18.7. The average Bonchev–Trinajstić information content (AvgIpc) is 3.29. The summed E-state index contributed by atoms with van der Waals surface area (Å²) in [6.45, 7) is 2.90. The molecule has 37 heavy (non-hydrogen) atoms. The molecular weight excluding hydrogens is 470 g/mol. The molecule has 1 aliphatic rings. The average molecular weight is 504 g/mol. The molecule has 0 radical (unpaired) electrons. The highest BCUT2D eigenvalue weighted by molar-refractivity contribution is 6.01. The second-order valence-corrected chi connectivity index (χ2v) is 8.97. The molecule has 1 aliphatic heterocycles. The molecule has 3 aromatic rings. The molecule has 1 fully saturated rings. The van der Waals surface area contributed by atoms with E-state index >= 15 is 0 Å². The summed E-state index contributed by atoms with van der Waals surface area (Å²) in [6, 6.07) is 24.2. The van der Waals surface area contributed by atoms with Crippen molar-refractivity contribution < 1.29 is 28.5 Å². The first-order valence-corrected chi connectivity index (χ1v) is 12.3. The van der Waals surface area contributed by atoms with Gasteiger partial charge in [0.15, 0.2) is 5.41 Å². The number of rotatable bonds is 9. The van der Waals surface area contributed by atoms with Crippen LogP contribution in [0.5, 0.6) is 11.5 Å². The van der Waals surface area contributed by atoms with E-state index in [-0.39, 0.29) is 12.5 Å². The Morgan fingerprint density at radius 3 is 2.05 bits per heavy atom. The van der Waals surface area contributed by atoms with Gasteiger partial charge in [0.2, 0.25) is 0 Å². The third-order valence-corrected chi connectivity index (χ3v) is 7.05. The van der Waals surface area contributed by atoms with Gasteiger partial charge in [0.1, 0.15) is 11.5 Å². The number of hydrogen-bond acceptors (Lipinski definition) is 7. The fraction of sp³-hybridized carbons (Fsp3) is 0.333. The Bertz CT molecular complexity index is 1190. The number of carbonyl (C=O) groups excluding carboxylic acids is 2. The molecule has 7 heteroatoms. The first kappa shape index (κ1) is 26.2. The molecule has 0 bridgehead atoms. The Balaban J connectivity index is 1.94. The van der Waals surface area contributed by atoms with Crippen LogP contribution >= 0.6 is 0 Å². The molecule has 0 N–H and O–H groups in total. The molecule has 1 heterocycles. The maximum atomic E-state index is 13.6. The molecule has 0 aliphatic carbocycles. The van der Waals surface area contributed by atoms with E-state index in [2.05, 4.69) is 4.90 Å². The first-order chi connectivity index (χ1) is 18.0. The summed E-state index contributed by atoms with van der Waals surface area (Å²) in [5.41, 5.74) is 1.15. The lowest BCUT2D eigenvalue weighted by molar-refractivity contribution is -0.171. The molecular formula is C30H33NO6. The third kappa shape index (κ3) is 4.91. The number of esters is 2. The lowest BCUT2D eigenvalue weighted by Crippen LogP contribution is -2.45. The van der Waals surface area contributed by atoms with E-state index in [9.17, 15) is 9.59 Å². The van der Waals surface area contributed by atoms with Gasteiger partial charge < -0.3 is 18.9 Å². The van der Waals surface area contributed by atoms with E-state index in [0.29, 0.717) is 13.2 Å². The van der Waals surface area contributed by atoms with Crippen LogP contribution in [0.1, 0.15) is 42.1 Å². The predicted octanol–water partition coefficient (Wildman–Crippen LogP) is 5.11. The molecule has 3 aromatic carbocycles. The minimum atomic E-state index is -1.57. The van der Waals surface area contributed by atoms with E-state index in [1.165, 1.54) is 14.2 Å². The van der Waals surface area contributed by atoms with Gasteiger partial charge in [-0.1, -0.05) is 60.7 Å². The van der Waals surface area contributed by atoms with E-state index in [1.807, 2.05) is 85.8 Å². The maximum Gasteiger partial charge on any atom is 0.325 e. The number of para-hydroxylation sites is 1. The highest BCUT2D eigenvalue weighted by Gasteiger charge is 2.64. The molecule has 2 atom stereocenters. The Morgan fingerprint density at radius 2 is 1.46 bits per heavy atom. The number of methoxy groups -OCH3 is 3. The van der Waals surface area contributed by atoms with Crippen molar-refractivity contribution in [2.45, 2.75) is 32.0 Å². The van der Waals surface area contributed by atoms with E-state index in [4.69, 9.17) is 18.9 Å². The van der Waals surface area contributed by atoms with Gasteiger partial charge in [-0.25, -0.2) is 0 Å². The molecule has 7 nitrogen and oxygen atoms in total. The van der Waals surface area contributed by atoms with Gasteiger partial charge in [0.05, 0.1) is 34.0 Å². The molecule has 0 spiro atoms. The summed E-state index contributed by atoms with van der Waals surface area (Å²) in [6.07, 6.45) is 0.190. The topological polar surface area (TPSA) is 74.3 Å². The standard InChI is InChI=1S/C30H33NO6/c1-5-37-26-14-10-9-13-23(26)20-31-25(21-15-17-24(34-2)18-16-21)19-30(28(32)35-3,29(33)36-4)27(31)22-11-7-6-8-12-22/h6-18,25,27H,5,19-20H2,1-4H3/t25-,27-/m1/s1. The number of hydrogen-bond donors (Lipinski definition) is 0. The van der Waals surface area contributed by atoms with Crippen molar-refractivity contribution >= 4 is 11.9 Å². The Morgan fingerprint density at radius 1 is 0.838 bits per heavy atom. The van der Waals surface area contributed by atoms with Gasteiger partial charge in [0, 0.05) is 18.2 Å². The van der Waals surface area contributed by atoms with Crippen LogP contribution in [0.4, 0.5) is 0 Å². The lowest BCUT2D eigenvalue weighted by atomic mass is 9.75. The number of benzene rings is 3. The largest absolute Gasteiger partial charge is 0.497 e. The number of nitrogens with zero attached hydrogens (tertiary/aromatic N) is 1. The Kier molecular flexibility index (Phi) is 8.14. The van der Waals surface area contributed by atoms with E-state index in [1.54, 1.807) is 7.11 Å². The fourth-order valence-corrected chi connectivity index (χ4v) is 5.41. The van der Waals surface area contributed by atoms with Gasteiger partial charge in [-0.2, -0.15) is 0 Å². The minimum absolute atomic E-state index is 0.190. The van der Waals surface area contributed by atoms with Gasteiger partial charge in [-0.05, 0) is 42.7 Å². The number of ether oxygens (including phenoxy) is 4. The van der Waals surface area contributed by atoms with E-state index < -0.39 is 23.4 Å². The second-order valence-electron chi connectivity index (χ2n) is 8.97. The van der Waals surface area contributed by atoms with Crippen LogP contribution in [-0.2, 0) is 25.6 Å². The van der Waals surface area contributed by atoms with Gasteiger partial charge in [-0.3, -0.25) is 14.5 Å². The van der Waals surface area contributed by atoms with Crippen molar-refractivity contribution in [1.29, 1.82) is 0 Å². The maximum absolute atomic E-state index is 13.6. The van der Waals surface area contributed by atoms with Crippen molar-refractivity contribution in [2.75, 3.05) is 27.9 Å². The Hall–Kier alpha value is -3.84. The van der Waals surface area contributed by atoms with Crippen molar-refractivity contribution in [3.63, 3.8) is 0 Å². The van der Waals surface area contributed by atoms with Gasteiger partial charge in [0.25, 0.3) is 0 Å². The Labute approximate surface area is 217 Å². The summed E-state index contributed by atoms with van der Waals surface area (Å²) in [5.74, 6) is 0.250. The third-order valence-electron chi connectivity index (χ3n) is 7.05. The summed E-state index contributed by atoms with van der Waals surface area (Å²) < 4.78 is 21.8. The molecule has 4 rings (SSSR count). The summed E-state index contributed by atoms with van der Waals surface area (Å²) >= 11 is 0. The molecule has 0 amide bonds. The highest BCUT2D eigenvalue weighted by atomic mass is 16.5. The summed E-state index contributed by atoms with van der Waals surface area (Å²) in [7, 11) is 4.24. The molecule has 0 aromatic heterocycles. The van der Waals surface area contributed by atoms with E-state index in [0.717, 1.165) is 28.2 Å². The zero-order valence-corrected chi connectivity index (χ0v) is 21.7. The second kappa shape index (κ2) is 11.5. The van der Waals surface area contributed by atoms with Crippen LogP contribution in [0.15, 0.2) is 78.9 Å². The van der Waals surface area contributed by atoms with Crippen LogP contribution in [0.3, 0.4) is 0 Å². The summed E-state index contributed by atoms with van der Waals surface area (Å²) in [4.78, 5) is 29.3. The van der Waals surface area contributed by atoms with Crippen LogP contribution in [0.25, 0.3) is 0 Å². The SMILES string of the molecule is CCOc1ccccc1CN1[C@@H](c2ccc(OC)cc2)CC(C(=O)OC)(C(=O)OC)[C@H]1c1ccccc1. The zero-order valence-electron chi connectivity index (χ0n) is 21.7. The van der Waals surface area contributed by atoms with Crippen molar-refractivity contribution in [1.82, 2.24) is 4.90 Å². The highest BCUT2D eigenvalue weighted by Crippen LogP contribution is 2.57. The zero-order chi connectivity index (χ0) is 26.4. The number of likely N-dealkylation sites (tertiary alicyclic amines) is 1. The molecule has 0 unspecified atom stereocenters. The van der Waals surface area contributed by atoms with Crippen LogP contribution < -0.4 is 9.47 Å². The first-order valence-electron chi connectivity index (χ1n) is 12.3. The van der Waals surface area contributed by atoms with Gasteiger partial charge >= 0.3 is 11.9 Å².